The highest BCUT2D eigenvalue weighted by atomic mass is 32.2. The molecule has 0 saturated carbocycles. The minimum Gasteiger partial charge on any atom is -0.444 e. The summed E-state index contributed by atoms with van der Waals surface area (Å²) in [6.45, 7) is 5.10. The first kappa shape index (κ1) is 20.9. The lowest BCUT2D eigenvalue weighted by Crippen LogP contribution is -2.46. The molecule has 0 bridgehead atoms. The van der Waals surface area contributed by atoms with Crippen molar-refractivity contribution in [2.75, 3.05) is 11.5 Å². The SMILES string of the molecule is C#CCSCC(NC(=O)OC(C)(C)C)C(=O)Oc1ccc(CO)cc1. The molecular formula is C18H23NO5S. The van der Waals surface area contributed by atoms with Crippen LogP contribution in [0.25, 0.3) is 0 Å². The summed E-state index contributed by atoms with van der Waals surface area (Å²) in [7, 11) is 0. The lowest BCUT2D eigenvalue weighted by Gasteiger charge is -2.22. The summed E-state index contributed by atoms with van der Waals surface area (Å²) in [5.74, 6) is 2.83. The molecule has 1 unspecified atom stereocenters. The summed E-state index contributed by atoms with van der Waals surface area (Å²) in [4.78, 5) is 24.3. The van der Waals surface area contributed by atoms with Crippen LogP contribution in [0.4, 0.5) is 4.79 Å². The second-order valence-corrected chi connectivity index (χ2v) is 7.17. The first-order valence-corrected chi connectivity index (χ1v) is 8.83. The fourth-order valence-corrected chi connectivity index (χ4v) is 2.40. The number of nitrogens with one attached hydrogen (secondary N) is 1. The van der Waals surface area contributed by atoms with Crippen LogP contribution in [-0.2, 0) is 16.1 Å². The first-order chi connectivity index (χ1) is 11.7. The first-order valence-electron chi connectivity index (χ1n) is 7.67. The molecule has 2 N–H and O–H groups in total. The molecule has 0 aromatic heterocycles. The van der Waals surface area contributed by atoms with Crippen LogP contribution in [0, 0.1) is 12.3 Å². The van der Waals surface area contributed by atoms with E-state index < -0.39 is 23.7 Å². The summed E-state index contributed by atoms with van der Waals surface area (Å²) in [6, 6.07) is 5.54. The van der Waals surface area contributed by atoms with Crippen LogP contribution in [0.3, 0.4) is 0 Å². The molecule has 0 radical (unpaired) electrons. The maximum Gasteiger partial charge on any atom is 0.408 e. The summed E-state index contributed by atoms with van der Waals surface area (Å²) in [5, 5.41) is 11.5. The number of hydrogen-bond donors (Lipinski definition) is 2. The Hall–Kier alpha value is -2.17. The van der Waals surface area contributed by atoms with Crippen molar-refractivity contribution in [1.29, 1.82) is 0 Å². The minimum absolute atomic E-state index is 0.0974. The zero-order valence-corrected chi connectivity index (χ0v) is 15.4. The fourth-order valence-electron chi connectivity index (χ4n) is 1.70. The Labute approximate surface area is 152 Å². The molecule has 0 aliphatic heterocycles. The Bertz CT molecular complexity index is 616. The van der Waals surface area contributed by atoms with Crippen molar-refractivity contribution in [3.8, 4) is 18.1 Å². The van der Waals surface area contributed by atoms with Crippen molar-refractivity contribution in [3.05, 3.63) is 29.8 Å². The van der Waals surface area contributed by atoms with Crippen LogP contribution < -0.4 is 10.1 Å². The fraction of sp³-hybridized carbons (Fsp3) is 0.444. The monoisotopic (exact) mass is 365 g/mol. The van der Waals surface area contributed by atoms with Gasteiger partial charge in [0.1, 0.15) is 17.4 Å². The number of esters is 1. The van der Waals surface area contributed by atoms with Gasteiger partial charge in [-0.3, -0.25) is 0 Å². The number of carbonyl (C=O) groups excluding carboxylic acids is 2. The lowest BCUT2D eigenvalue weighted by atomic mass is 10.2. The number of benzene rings is 1. The Kier molecular flexibility index (Phi) is 8.32. The van der Waals surface area contributed by atoms with E-state index in [-0.39, 0.29) is 12.4 Å². The molecule has 0 aliphatic carbocycles. The van der Waals surface area contributed by atoms with Crippen LogP contribution in [-0.4, -0.2) is 40.3 Å². The smallest absolute Gasteiger partial charge is 0.408 e. The molecule has 0 spiro atoms. The zero-order chi connectivity index (χ0) is 18.9. The second-order valence-electron chi connectivity index (χ2n) is 6.14. The Morgan fingerprint density at radius 1 is 1.32 bits per heavy atom. The summed E-state index contributed by atoms with van der Waals surface area (Å²) >= 11 is 1.33. The number of thioether (sulfide) groups is 1. The van der Waals surface area contributed by atoms with Gasteiger partial charge in [-0.2, -0.15) is 0 Å². The average molecular weight is 365 g/mol. The zero-order valence-electron chi connectivity index (χ0n) is 14.6. The largest absolute Gasteiger partial charge is 0.444 e. The highest BCUT2D eigenvalue weighted by Crippen LogP contribution is 2.14. The van der Waals surface area contributed by atoms with Crippen molar-refractivity contribution in [3.63, 3.8) is 0 Å². The molecule has 1 amide bonds. The van der Waals surface area contributed by atoms with Crippen LogP contribution in [0.2, 0.25) is 0 Å². The van der Waals surface area contributed by atoms with Crippen molar-refractivity contribution in [1.82, 2.24) is 5.32 Å². The Balaban J connectivity index is 2.73. The number of hydrogen-bond acceptors (Lipinski definition) is 6. The van der Waals surface area contributed by atoms with Gasteiger partial charge in [-0.25, -0.2) is 9.59 Å². The number of terminal acetylenes is 1. The van der Waals surface area contributed by atoms with E-state index in [9.17, 15) is 9.59 Å². The molecule has 6 nitrogen and oxygen atoms in total. The maximum absolute atomic E-state index is 12.4. The molecular weight excluding hydrogens is 342 g/mol. The number of amides is 1. The number of carbonyl (C=O) groups is 2. The van der Waals surface area contributed by atoms with Crippen molar-refractivity contribution < 1.29 is 24.2 Å². The number of aliphatic hydroxyl groups is 1. The lowest BCUT2D eigenvalue weighted by molar-refractivity contribution is -0.136. The predicted octanol–water partition coefficient (Wildman–Crippen LogP) is 2.34. The van der Waals surface area contributed by atoms with Gasteiger partial charge < -0.3 is 19.9 Å². The van der Waals surface area contributed by atoms with Gasteiger partial charge in [0.05, 0.1) is 12.4 Å². The van der Waals surface area contributed by atoms with E-state index in [1.54, 1.807) is 45.0 Å². The molecule has 0 saturated heterocycles. The van der Waals surface area contributed by atoms with E-state index in [1.807, 2.05) is 0 Å². The van der Waals surface area contributed by atoms with E-state index in [4.69, 9.17) is 21.0 Å². The minimum atomic E-state index is -0.897. The van der Waals surface area contributed by atoms with Gasteiger partial charge in [-0.05, 0) is 38.5 Å². The number of ether oxygens (including phenoxy) is 2. The van der Waals surface area contributed by atoms with E-state index in [0.29, 0.717) is 17.1 Å². The van der Waals surface area contributed by atoms with Crippen LogP contribution in [0.1, 0.15) is 26.3 Å². The van der Waals surface area contributed by atoms with Crippen molar-refractivity contribution >= 4 is 23.8 Å². The molecule has 25 heavy (non-hydrogen) atoms. The summed E-state index contributed by atoms with van der Waals surface area (Å²) in [5.41, 5.74) is 0.0257. The molecule has 1 aromatic rings. The predicted molar refractivity (Wildman–Crippen MR) is 97.3 cm³/mol. The molecule has 0 fully saturated rings. The van der Waals surface area contributed by atoms with Crippen molar-refractivity contribution in [2.24, 2.45) is 0 Å². The van der Waals surface area contributed by atoms with E-state index in [2.05, 4.69) is 11.2 Å². The van der Waals surface area contributed by atoms with Gasteiger partial charge in [0.25, 0.3) is 0 Å². The number of alkyl carbamates (subject to hydrolysis) is 1. The number of rotatable bonds is 7. The summed E-state index contributed by atoms with van der Waals surface area (Å²) < 4.78 is 10.5. The molecule has 136 valence electrons. The Morgan fingerprint density at radius 2 is 1.96 bits per heavy atom. The number of aliphatic hydroxyl groups excluding tert-OH is 1. The van der Waals surface area contributed by atoms with Gasteiger partial charge >= 0.3 is 12.1 Å². The van der Waals surface area contributed by atoms with Crippen LogP contribution >= 0.6 is 11.8 Å². The van der Waals surface area contributed by atoms with Crippen molar-refractivity contribution in [2.45, 2.75) is 39.0 Å². The normalized spacial score (nSPS) is 12.0. The second kappa shape index (κ2) is 9.97. The topological polar surface area (TPSA) is 84.9 Å². The Morgan fingerprint density at radius 3 is 2.48 bits per heavy atom. The molecule has 1 aromatic carbocycles. The van der Waals surface area contributed by atoms with Crippen LogP contribution in [0.5, 0.6) is 5.75 Å². The van der Waals surface area contributed by atoms with E-state index in [0.717, 1.165) is 0 Å². The molecule has 0 aliphatic rings. The van der Waals surface area contributed by atoms with Gasteiger partial charge in [-0.1, -0.05) is 18.1 Å². The molecule has 0 heterocycles. The standard InChI is InChI=1S/C18H23NO5S/c1-5-10-25-12-15(19-17(22)24-18(2,3)4)16(21)23-14-8-6-13(11-20)7-9-14/h1,6-9,15,20H,10-12H2,2-4H3,(H,19,22). The summed E-state index contributed by atoms with van der Waals surface area (Å²) in [6.07, 6.45) is 4.50. The van der Waals surface area contributed by atoms with Gasteiger partial charge in [0.2, 0.25) is 0 Å². The van der Waals surface area contributed by atoms with E-state index >= 15 is 0 Å². The third kappa shape index (κ3) is 8.47. The third-order valence-electron chi connectivity index (χ3n) is 2.77. The highest BCUT2D eigenvalue weighted by Gasteiger charge is 2.26. The maximum atomic E-state index is 12.4. The van der Waals surface area contributed by atoms with Gasteiger partial charge in [0.15, 0.2) is 0 Å². The average Bonchev–Trinajstić information content (AvgIpc) is 2.53. The third-order valence-corrected chi connectivity index (χ3v) is 3.71. The molecule has 1 atom stereocenters. The van der Waals surface area contributed by atoms with Gasteiger partial charge in [0, 0.05) is 5.75 Å². The molecule has 7 heteroatoms. The quantitative estimate of drug-likeness (QED) is 0.334. The van der Waals surface area contributed by atoms with E-state index in [1.165, 1.54) is 11.8 Å². The molecule has 1 rings (SSSR count). The van der Waals surface area contributed by atoms with Gasteiger partial charge in [-0.15, -0.1) is 18.2 Å². The van der Waals surface area contributed by atoms with Crippen LogP contribution in [0.15, 0.2) is 24.3 Å². The highest BCUT2D eigenvalue weighted by molar-refractivity contribution is 7.99.